The topological polar surface area (TPSA) is 138 Å². The van der Waals surface area contributed by atoms with Crippen LogP contribution in [0.5, 0.6) is 0 Å². The van der Waals surface area contributed by atoms with E-state index in [1.807, 2.05) is 6.92 Å². The average Bonchev–Trinajstić information content (AvgIpc) is 3.19. The maximum atomic E-state index is 12.5. The van der Waals surface area contributed by atoms with Gasteiger partial charge in [-0.15, -0.1) is 0 Å². The van der Waals surface area contributed by atoms with Crippen molar-refractivity contribution in [1.29, 1.82) is 0 Å². The van der Waals surface area contributed by atoms with E-state index in [2.05, 4.69) is 5.32 Å². The fourth-order valence-corrected chi connectivity index (χ4v) is 3.60. The van der Waals surface area contributed by atoms with Crippen LogP contribution < -0.4 is 10.5 Å². The predicted octanol–water partition coefficient (Wildman–Crippen LogP) is 3.43. The molecule has 0 bridgehead atoms. The molecular weight excluding hydrogens is 436 g/mol. The Morgan fingerprint density at radius 1 is 1.23 bits per heavy atom. The van der Waals surface area contributed by atoms with Crippen molar-refractivity contribution in [2.75, 3.05) is 12.1 Å². The summed E-state index contributed by atoms with van der Waals surface area (Å²) in [7, 11) is -4.18. The van der Waals surface area contributed by atoms with Gasteiger partial charge in [-0.2, -0.15) is 0 Å². The van der Waals surface area contributed by atoms with Crippen LogP contribution >= 0.6 is 11.6 Å². The zero-order valence-electron chi connectivity index (χ0n) is 16.4. The number of carbonyl (C=O) groups is 2. The number of hydrogen-bond acceptors (Lipinski definition) is 8. The maximum absolute atomic E-state index is 12.5. The monoisotopic (exact) mass is 458 g/mol. The van der Waals surface area contributed by atoms with Crippen LogP contribution in [0.4, 0.5) is 5.69 Å². The summed E-state index contributed by atoms with van der Waals surface area (Å²) in [5, 5.41) is 7.92. The Balaban J connectivity index is 2.13. The van der Waals surface area contributed by atoms with Crippen LogP contribution in [-0.4, -0.2) is 27.1 Å². The Morgan fingerprint density at radius 2 is 2.00 bits per heavy atom. The number of anilines is 1. The zero-order chi connectivity index (χ0) is 22.1. The van der Waals surface area contributed by atoms with Gasteiger partial charge >= 0.3 is 11.9 Å². The molecule has 11 heteroatoms. The smallest absolute Gasteiger partial charge is 0.343 e. The third-order valence-corrected chi connectivity index (χ3v) is 5.40. The normalized spacial score (nSPS) is 11.2. The predicted molar refractivity (Wildman–Crippen MR) is 109 cm³/mol. The van der Waals surface area contributed by atoms with Gasteiger partial charge in [-0.1, -0.05) is 31.4 Å². The van der Waals surface area contributed by atoms with Crippen LogP contribution in [0.25, 0.3) is 0 Å². The van der Waals surface area contributed by atoms with Gasteiger partial charge in [0.2, 0.25) is 16.8 Å². The van der Waals surface area contributed by atoms with E-state index in [0.717, 1.165) is 18.9 Å². The molecule has 0 saturated heterocycles. The number of nitrogens with one attached hydrogen (secondary N) is 1. The molecule has 1 heterocycles. The fraction of sp³-hybridized carbons (Fsp3) is 0.368. The van der Waals surface area contributed by atoms with Crippen LogP contribution in [-0.2, 0) is 30.8 Å². The van der Waals surface area contributed by atoms with Gasteiger partial charge in [0.25, 0.3) is 0 Å². The second-order valence-corrected chi connectivity index (χ2v) is 8.27. The van der Waals surface area contributed by atoms with Gasteiger partial charge in [0.15, 0.2) is 0 Å². The van der Waals surface area contributed by atoms with Gasteiger partial charge in [-0.05, 0) is 30.7 Å². The molecule has 0 amide bonds. The maximum Gasteiger partial charge on any atom is 0.343 e. The summed E-state index contributed by atoms with van der Waals surface area (Å²) in [5.41, 5.74) is 0.0556. The molecule has 0 atom stereocenters. The third kappa shape index (κ3) is 7.05. The van der Waals surface area contributed by atoms with Crippen molar-refractivity contribution < 1.29 is 31.9 Å². The van der Waals surface area contributed by atoms with Crippen molar-refractivity contribution >= 4 is 39.3 Å². The number of esters is 2. The van der Waals surface area contributed by atoms with Crippen LogP contribution in [0, 0.1) is 0 Å². The van der Waals surface area contributed by atoms with Crippen molar-refractivity contribution in [2.45, 2.75) is 44.0 Å². The van der Waals surface area contributed by atoms with Gasteiger partial charge in [0.1, 0.15) is 10.7 Å². The minimum atomic E-state index is -4.18. The number of carbonyl (C=O) groups excluding carboxylic acids is 2. The number of unbranched alkanes of at least 4 members (excludes halogenated alkanes) is 2. The molecule has 1 aromatic heterocycles. The lowest BCUT2D eigenvalue weighted by atomic mass is 10.1. The molecule has 0 aliphatic carbocycles. The first-order valence-corrected chi connectivity index (χ1v) is 11.1. The minimum absolute atomic E-state index is 0.142. The number of furan rings is 1. The van der Waals surface area contributed by atoms with E-state index in [0.29, 0.717) is 12.2 Å². The van der Waals surface area contributed by atoms with E-state index in [1.54, 1.807) is 12.1 Å². The lowest BCUT2D eigenvalue weighted by Crippen LogP contribution is -2.17. The molecule has 9 nitrogen and oxygen atoms in total. The number of benzene rings is 1. The molecule has 3 N–H and O–H groups in total. The summed E-state index contributed by atoms with van der Waals surface area (Å²) in [6, 6.07) is 5.66. The van der Waals surface area contributed by atoms with E-state index < -0.39 is 33.7 Å². The standard InChI is InChI=1S/C19H23ClN2O7S/c1-2-3-4-7-18(23)28-12-29-19(24)14-9-17(30(21,25)26)15(20)10-16(14)22-11-13-6-5-8-27-13/h5-6,8-10,22H,2-4,7,11-12H2,1H3,(H2,21,25,26). The number of sulfonamides is 1. The second kappa shape index (κ2) is 11.0. The van der Waals surface area contributed by atoms with E-state index >= 15 is 0 Å². The summed E-state index contributed by atoms with van der Waals surface area (Å²) in [4.78, 5) is 23.7. The molecule has 0 unspecified atom stereocenters. The van der Waals surface area contributed by atoms with Gasteiger partial charge in [0, 0.05) is 6.42 Å². The molecule has 0 saturated carbocycles. The van der Waals surface area contributed by atoms with Gasteiger partial charge < -0.3 is 19.2 Å². The molecule has 0 fully saturated rings. The van der Waals surface area contributed by atoms with E-state index in [9.17, 15) is 18.0 Å². The number of primary sulfonamides is 1. The Bertz CT molecular complexity index is 975. The van der Waals surface area contributed by atoms with Crippen LogP contribution in [0.15, 0.2) is 39.8 Å². The molecule has 0 aliphatic rings. The van der Waals surface area contributed by atoms with Gasteiger partial charge in [-0.3, -0.25) is 4.79 Å². The molecule has 0 radical (unpaired) electrons. The van der Waals surface area contributed by atoms with Crippen LogP contribution in [0.2, 0.25) is 5.02 Å². The third-order valence-electron chi connectivity index (χ3n) is 4.03. The highest BCUT2D eigenvalue weighted by Crippen LogP contribution is 2.29. The van der Waals surface area contributed by atoms with Gasteiger partial charge in [-0.25, -0.2) is 18.4 Å². The highest BCUT2D eigenvalue weighted by molar-refractivity contribution is 7.89. The second-order valence-electron chi connectivity index (χ2n) is 6.33. The molecule has 0 spiro atoms. The van der Waals surface area contributed by atoms with Crippen molar-refractivity contribution in [3.63, 3.8) is 0 Å². The van der Waals surface area contributed by atoms with Crippen molar-refractivity contribution in [1.82, 2.24) is 0 Å². The SMILES string of the molecule is CCCCCC(=O)OCOC(=O)c1cc(S(N)(=O)=O)c(Cl)cc1NCc1ccco1. The zero-order valence-corrected chi connectivity index (χ0v) is 17.9. The minimum Gasteiger partial charge on any atom is -0.467 e. The Hall–Kier alpha value is -2.56. The highest BCUT2D eigenvalue weighted by atomic mass is 35.5. The van der Waals surface area contributed by atoms with E-state index in [-0.39, 0.29) is 29.2 Å². The molecular formula is C19H23ClN2O7S. The number of nitrogens with two attached hydrogens (primary N) is 1. The summed E-state index contributed by atoms with van der Waals surface area (Å²) in [6.07, 6.45) is 4.23. The average molecular weight is 459 g/mol. The number of hydrogen-bond donors (Lipinski definition) is 2. The molecule has 2 rings (SSSR count). The summed E-state index contributed by atoms with van der Waals surface area (Å²) >= 11 is 6.01. The lowest BCUT2D eigenvalue weighted by Gasteiger charge is -2.14. The Labute approximate surface area is 179 Å². The highest BCUT2D eigenvalue weighted by Gasteiger charge is 2.22. The lowest BCUT2D eigenvalue weighted by molar-refractivity contribution is -0.152. The Morgan fingerprint density at radius 3 is 2.63 bits per heavy atom. The first-order chi connectivity index (χ1) is 14.2. The van der Waals surface area contributed by atoms with E-state index in [1.165, 1.54) is 12.3 Å². The first kappa shape index (κ1) is 23.7. The summed E-state index contributed by atoms with van der Waals surface area (Å²) in [5.74, 6) is -0.837. The quantitative estimate of drug-likeness (QED) is 0.296. The summed E-state index contributed by atoms with van der Waals surface area (Å²) < 4.78 is 38.5. The fourth-order valence-electron chi connectivity index (χ4n) is 2.50. The molecule has 2 aromatic rings. The Kier molecular flexibility index (Phi) is 8.70. The van der Waals surface area contributed by atoms with Crippen molar-refractivity contribution in [3.05, 3.63) is 46.9 Å². The largest absolute Gasteiger partial charge is 0.467 e. The molecule has 164 valence electrons. The summed E-state index contributed by atoms with van der Waals surface area (Å²) in [6.45, 7) is 1.60. The van der Waals surface area contributed by atoms with Crippen LogP contribution in [0.1, 0.15) is 48.7 Å². The first-order valence-electron chi connectivity index (χ1n) is 9.17. The number of rotatable bonds is 11. The molecule has 0 aliphatic heterocycles. The number of halogens is 1. The van der Waals surface area contributed by atoms with Gasteiger partial charge in [0.05, 0.1) is 29.1 Å². The van der Waals surface area contributed by atoms with Crippen LogP contribution in [0.3, 0.4) is 0 Å². The van der Waals surface area contributed by atoms with Crippen molar-refractivity contribution in [2.24, 2.45) is 5.14 Å². The molecule has 1 aromatic carbocycles. The number of ether oxygens (including phenoxy) is 2. The van der Waals surface area contributed by atoms with E-state index in [4.69, 9.17) is 30.6 Å². The van der Waals surface area contributed by atoms with Crippen molar-refractivity contribution in [3.8, 4) is 0 Å². The molecule has 30 heavy (non-hydrogen) atoms.